The lowest BCUT2D eigenvalue weighted by Gasteiger charge is -2.29. The average molecular weight is 401 g/mol. The molecule has 4 rings (SSSR count). The van der Waals surface area contributed by atoms with E-state index < -0.39 is 5.54 Å². The lowest BCUT2D eigenvalue weighted by Crippen LogP contribution is -2.44. The van der Waals surface area contributed by atoms with E-state index >= 15 is 0 Å². The first-order chi connectivity index (χ1) is 14.0. The predicted octanol–water partition coefficient (Wildman–Crippen LogP) is 1.93. The summed E-state index contributed by atoms with van der Waals surface area (Å²) in [5, 5.41) is 2.86. The standard InChI is InChI=1S/C21H27N3O5/c1-23(13-15-14-28-16-7-2-3-8-17(16)29-15)18(25)9-6-12-24-19(26)21(22-20(24)27)10-4-5-11-21/h2-3,7-8,15H,4-6,9-14H2,1H3,(H,22,27). The minimum absolute atomic E-state index is 0.0462. The summed E-state index contributed by atoms with van der Waals surface area (Å²) in [6, 6.07) is 7.14. The summed E-state index contributed by atoms with van der Waals surface area (Å²) in [6.07, 6.45) is 3.83. The molecule has 1 aromatic rings. The molecule has 1 atom stereocenters. The van der Waals surface area contributed by atoms with Crippen molar-refractivity contribution < 1.29 is 23.9 Å². The zero-order valence-electron chi connectivity index (χ0n) is 16.7. The van der Waals surface area contributed by atoms with Gasteiger partial charge in [0, 0.05) is 20.0 Å². The normalized spacial score (nSPS) is 22.1. The fourth-order valence-corrected chi connectivity index (χ4v) is 4.34. The molecule has 0 aromatic heterocycles. The van der Waals surface area contributed by atoms with Gasteiger partial charge in [0.2, 0.25) is 5.91 Å². The molecule has 8 nitrogen and oxygen atoms in total. The van der Waals surface area contributed by atoms with E-state index in [9.17, 15) is 14.4 Å². The van der Waals surface area contributed by atoms with Gasteiger partial charge in [-0.25, -0.2) is 4.79 Å². The van der Waals surface area contributed by atoms with Crippen LogP contribution in [0.15, 0.2) is 24.3 Å². The lowest BCUT2D eigenvalue weighted by molar-refractivity contribution is -0.133. The molecule has 4 amide bonds. The maximum atomic E-state index is 12.6. The first kappa shape index (κ1) is 19.5. The highest BCUT2D eigenvalue weighted by Gasteiger charge is 2.52. The SMILES string of the molecule is CN(CC1COc2ccccc2O1)C(=O)CCCN1C(=O)NC2(CCCC2)C1=O. The molecule has 8 heteroatoms. The van der Waals surface area contributed by atoms with E-state index in [4.69, 9.17) is 9.47 Å². The first-order valence-corrected chi connectivity index (χ1v) is 10.2. The van der Waals surface area contributed by atoms with E-state index in [0.717, 1.165) is 12.8 Å². The second-order valence-electron chi connectivity index (χ2n) is 8.05. The molecule has 1 N–H and O–H groups in total. The molecule has 0 bridgehead atoms. The smallest absolute Gasteiger partial charge is 0.325 e. The summed E-state index contributed by atoms with van der Waals surface area (Å²) in [5.74, 6) is 1.22. The van der Waals surface area contributed by atoms with Gasteiger partial charge in [-0.05, 0) is 31.4 Å². The van der Waals surface area contributed by atoms with Crippen molar-refractivity contribution in [3.05, 3.63) is 24.3 Å². The molecule has 3 aliphatic rings. The molecule has 1 aliphatic carbocycles. The number of nitrogens with one attached hydrogen (secondary N) is 1. The summed E-state index contributed by atoms with van der Waals surface area (Å²) in [7, 11) is 1.73. The molecule has 2 heterocycles. The Balaban J connectivity index is 1.23. The molecule has 1 unspecified atom stereocenters. The molecule has 1 spiro atoms. The number of hydrogen-bond donors (Lipinski definition) is 1. The Labute approximate surface area is 170 Å². The van der Waals surface area contributed by atoms with Crippen LogP contribution in [0.5, 0.6) is 11.5 Å². The second kappa shape index (κ2) is 7.93. The number of amides is 4. The molecule has 29 heavy (non-hydrogen) atoms. The molecule has 2 aliphatic heterocycles. The zero-order chi connectivity index (χ0) is 20.4. The van der Waals surface area contributed by atoms with Gasteiger partial charge in [-0.2, -0.15) is 0 Å². The maximum Gasteiger partial charge on any atom is 0.325 e. The van der Waals surface area contributed by atoms with Crippen molar-refractivity contribution >= 4 is 17.8 Å². The van der Waals surface area contributed by atoms with E-state index in [1.54, 1.807) is 11.9 Å². The highest BCUT2D eigenvalue weighted by molar-refractivity contribution is 6.07. The van der Waals surface area contributed by atoms with Crippen molar-refractivity contribution in [3.8, 4) is 11.5 Å². The van der Waals surface area contributed by atoms with Crippen molar-refractivity contribution in [1.82, 2.24) is 15.1 Å². The number of benzene rings is 1. The Morgan fingerprint density at radius 1 is 1.24 bits per heavy atom. The molecular formula is C21H27N3O5. The summed E-state index contributed by atoms with van der Waals surface area (Å²) in [4.78, 5) is 40.2. The van der Waals surface area contributed by atoms with Gasteiger partial charge in [-0.3, -0.25) is 14.5 Å². The Morgan fingerprint density at radius 2 is 1.97 bits per heavy atom. The molecule has 1 saturated carbocycles. The zero-order valence-corrected chi connectivity index (χ0v) is 16.7. The molecular weight excluding hydrogens is 374 g/mol. The Kier molecular flexibility index (Phi) is 5.34. The molecule has 1 aromatic carbocycles. The van der Waals surface area contributed by atoms with Crippen molar-refractivity contribution in [3.63, 3.8) is 0 Å². The van der Waals surface area contributed by atoms with Crippen LogP contribution in [0, 0.1) is 0 Å². The number of urea groups is 1. The fraction of sp³-hybridized carbons (Fsp3) is 0.571. The van der Waals surface area contributed by atoms with Gasteiger partial charge in [0.1, 0.15) is 12.1 Å². The third kappa shape index (κ3) is 3.88. The highest BCUT2D eigenvalue weighted by Crippen LogP contribution is 2.35. The average Bonchev–Trinajstić information content (AvgIpc) is 3.28. The minimum Gasteiger partial charge on any atom is -0.486 e. The van der Waals surface area contributed by atoms with E-state index in [-0.39, 0.29) is 36.9 Å². The maximum absolute atomic E-state index is 12.6. The van der Waals surface area contributed by atoms with E-state index in [0.29, 0.717) is 43.9 Å². The summed E-state index contributed by atoms with van der Waals surface area (Å²) < 4.78 is 11.6. The minimum atomic E-state index is -0.688. The van der Waals surface area contributed by atoms with Crippen molar-refractivity contribution in [2.45, 2.75) is 50.2 Å². The lowest BCUT2D eigenvalue weighted by atomic mass is 9.98. The number of nitrogens with zero attached hydrogens (tertiary/aromatic N) is 2. The summed E-state index contributed by atoms with van der Waals surface area (Å²) in [6.45, 7) is 1.07. The van der Waals surface area contributed by atoms with E-state index in [2.05, 4.69) is 5.32 Å². The fourth-order valence-electron chi connectivity index (χ4n) is 4.34. The quantitative estimate of drug-likeness (QED) is 0.736. The summed E-state index contributed by atoms with van der Waals surface area (Å²) >= 11 is 0. The van der Waals surface area contributed by atoms with Gasteiger partial charge in [0.05, 0.1) is 6.54 Å². The van der Waals surface area contributed by atoms with Gasteiger partial charge < -0.3 is 19.7 Å². The molecule has 156 valence electrons. The number of fused-ring (bicyclic) bond motifs is 1. The number of carbonyl (C=O) groups excluding carboxylic acids is 3. The van der Waals surface area contributed by atoms with Gasteiger partial charge in [-0.15, -0.1) is 0 Å². The van der Waals surface area contributed by atoms with Gasteiger partial charge >= 0.3 is 6.03 Å². The number of carbonyl (C=O) groups is 3. The number of imide groups is 1. The third-order valence-corrected chi connectivity index (χ3v) is 5.95. The number of rotatable bonds is 6. The topological polar surface area (TPSA) is 88.2 Å². The number of likely N-dealkylation sites (N-methyl/N-ethyl adjacent to an activating group) is 1. The molecule has 2 fully saturated rings. The number of para-hydroxylation sites is 2. The summed E-state index contributed by atoms with van der Waals surface area (Å²) in [5.41, 5.74) is -0.688. The van der Waals surface area contributed by atoms with Crippen molar-refractivity contribution in [2.75, 3.05) is 26.7 Å². The van der Waals surface area contributed by atoms with Crippen LogP contribution in [-0.4, -0.2) is 66.0 Å². The predicted molar refractivity (Wildman–Crippen MR) is 105 cm³/mol. The van der Waals surface area contributed by atoms with Crippen LogP contribution in [0.2, 0.25) is 0 Å². The molecule has 1 saturated heterocycles. The Bertz CT molecular complexity index is 805. The van der Waals surface area contributed by atoms with Crippen LogP contribution < -0.4 is 14.8 Å². The van der Waals surface area contributed by atoms with E-state index in [1.807, 2.05) is 24.3 Å². The van der Waals surface area contributed by atoms with Crippen molar-refractivity contribution in [2.24, 2.45) is 0 Å². The Morgan fingerprint density at radius 3 is 2.72 bits per heavy atom. The Hall–Kier alpha value is -2.77. The van der Waals surface area contributed by atoms with Crippen LogP contribution in [0.4, 0.5) is 4.79 Å². The molecule has 0 radical (unpaired) electrons. The largest absolute Gasteiger partial charge is 0.486 e. The van der Waals surface area contributed by atoms with Crippen LogP contribution in [0.3, 0.4) is 0 Å². The second-order valence-corrected chi connectivity index (χ2v) is 8.05. The third-order valence-electron chi connectivity index (χ3n) is 5.95. The number of ether oxygens (including phenoxy) is 2. The van der Waals surface area contributed by atoms with Crippen LogP contribution in [0.25, 0.3) is 0 Å². The van der Waals surface area contributed by atoms with Gasteiger partial charge in [0.15, 0.2) is 17.6 Å². The van der Waals surface area contributed by atoms with E-state index in [1.165, 1.54) is 4.90 Å². The number of hydrogen-bond acceptors (Lipinski definition) is 5. The van der Waals surface area contributed by atoms with Crippen LogP contribution in [-0.2, 0) is 9.59 Å². The van der Waals surface area contributed by atoms with Gasteiger partial charge in [-0.1, -0.05) is 25.0 Å². The highest BCUT2D eigenvalue weighted by atomic mass is 16.6. The first-order valence-electron chi connectivity index (χ1n) is 10.2. The monoisotopic (exact) mass is 401 g/mol. The van der Waals surface area contributed by atoms with Crippen LogP contribution >= 0.6 is 0 Å². The van der Waals surface area contributed by atoms with Gasteiger partial charge in [0.25, 0.3) is 5.91 Å². The van der Waals surface area contributed by atoms with Crippen molar-refractivity contribution in [1.29, 1.82) is 0 Å². The van der Waals surface area contributed by atoms with Crippen LogP contribution in [0.1, 0.15) is 38.5 Å².